The fourth-order valence-electron chi connectivity index (χ4n) is 4.36. The summed E-state index contributed by atoms with van der Waals surface area (Å²) in [6.45, 7) is 2.84. The van der Waals surface area contributed by atoms with E-state index in [0.717, 1.165) is 31.8 Å². The Kier molecular flexibility index (Phi) is 4.56. The molecule has 8 nitrogen and oxygen atoms in total. The van der Waals surface area contributed by atoms with Crippen LogP contribution in [0.4, 0.5) is 0 Å². The van der Waals surface area contributed by atoms with Gasteiger partial charge in [-0.3, -0.25) is 4.79 Å². The first-order valence-corrected chi connectivity index (χ1v) is 11.2. The van der Waals surface area contributed by atoms with Gasteiger partial charge in [-0.05, 0) is 32.1 Å². The number of hydrogen-bond donors (Lipinski definition) is 0. The molecule has 1 spiro atoms. The Morgan fingerprint density at radius 1 is 1.19 bits per heavy atom. The number of hydrogen-bond acceptors (Lipinski definition) is 5. The molecule has 3 aliphatic rings. The van der Waals surface area contributed by atoms with Crippen molar-refractivity contribution in [3.05, 3.63) is 18.2 Å². The minimum Gasteiger partial charge on any atom is -0.352 e. The van der Waals surface area contributed by atoms with Crippen molar-refractivity contribution < 1.29 is 17.9 Å². The number of ether oxygens (including phenoxy) is 1. The highest BCUT2D eigenvalue weighted by molar-refractivity contribution is 7.88. The largest absolute Gasteiger partial charge is 0.352 e. The quantitative estimate of drug-likeness (QED) is 0.746. The number of likely N-dealkylation sites (tertiary alicyclic amines) is 1. The first-order chi connectivity index (χ1) is 12.4. The molecule has 1 aromatic rings. The summed E-state index contributed by atoms with van der Waals surface area (Å²) < 4.78 is 33.5. The van der Waals surface area contributed by atoms with Gasteiger partial charge in [-0.2, -0.15) is 0 Å². The van der Waals surface area contributed by atoms with Crippen molar-refractivity contribution in [2.45, 2.75) is 50.4 Å². The highest BCUT2D eigenvalue weighted by Gasteiger charge is 2.48. The minimum absolute atomic E-state index is 0.0500. The lowest BCUT2D eigenvalue weighted by Gasteiger charge is -2.45. The predicted molar refractivity (Wildman–Crippen MR) is 94.9 cm³/mol. The molecule has 2 saturated heterocycles. The molecular weight excluding hydrogens is 356 g/mol. The van der Waals surface area contributed by atoms with Crippen molar-refractivity contribution >= 4 is 15.9 Å². The van der Waals surface area contributed by atoms with E-state index < -0.39 is 21.7 Å². The zero-order valence-corrected chi connectivity index (χ0v) is 15.9. The summed E-state index contributed by atoms with van der Waals surface area (Å²) in [4.78, 5) is 19.4. The molecule has 1 amide bonds. The highest BCUT2D eigenvalue weighted by Crippen LogP contribution is 2.40. The van der Waals surface area contributed by atoms with E-state index in [0.29, 0.717) is 32.5 Å². The number of piperidine rings is 2. The second-order valence-corrected chi connectivity index (χ2v) is 9.53. The Morgan fingerprint density at radius 3 is 2.54 bits per heavy atom. The number of aromatic nitrogens is 2. The van der Waals surface area contributed by atoms with Crippen LogP contribution in [0.2, 0.25) is 0 Å². The molecular formula is C17H26N4O4S. The second kappa shape index (κ2) is 6.61. The van der Waals surface area contributed by atoms with Crippen LogP contribution in [0.3, 0.4) is 0 Å². The molecule has 0 bridgehead atoms. The van der Waals surface area contributed by atoms with Crippen LogP contribution in [0.1, 0.15) is 37.9 Å². The lowest BCUT2D eigenvalue weighted by molar-refractivity contribution is -0.179. The molecule has 9 heteroatoms. The predicted octanol–water partition coefficient (Wildman–Crippen LogP) is 0.545. The summed E-state index contributed by atoms with van der Waals surface area (Å²) in [5.41, 5.74) is -0.681. The van der Waals surface area contributed by atoms with E-state index >= 15 is 0 Å². The van der Waals surface area contributed by atoms with Gasteiger partial charge in [0.05, 0.1) is 12.8 Å². The zero-order valence-electron chi connectivity index (χ0n) is 15.1. The molecule has 2 fully saturated rings. The molecule has 1 atom stereocenters. The second-order valence-electron chi connectivity index (χ2n) is 7.55. The number of nitrogens with zero attached hydrogens (tertiary/aromatic N) is 4. The number of fused-ring (bicyclic) bond motifs is 2. The molecule has 144 valence electrons. The van der Waals surface area contributed by atoms with E-state index in [1.807, 2.05) is 15.7 Å². The lowest BCUT2D eigenvalue weighted by Crippen LogP contribution is -2.55. The monoisotopic (exact) mass is 382 g/mol. The van der Waals surface area contributed by atoms with Crippen LogP contribution in [-0.2, 0) is 31.7 Å². The Morgan fingerprint density at radius 2 is 1.88 bits per heavy atom. The highest BCUT2D eigenvalue weighted by atomic mass is 32.2. The zero-order chi connectivity index (χ0) is 18.4. The summed E-state index contributed by atoms with van der Waals surface area (Å²) in [6.07, 6.45) is 8.62. The molecule has 3 aliphatic heterocycles. The molecule has 0 aromatic carbocycles. The number of carbonyl (C=O) groups excluding carboxylic acids is 1. The van der Waals surface area contributed by atoms with Gasteiger partial charge in [-0.1, -0.05) is 0 Å². The van der Waals surface area contributed by atoms with E-state index in [-0.39, 0.29) is 5.91 Å². The Bertz CT molecular complexity index is 776. The molecule has 0 unspecified atom stereocenters. The van der Waals surface area contributed by atoms with Crippen molar-refractivity contribution in [2.75, 3.05) is 32.4 Å². The van der Waals surface area contributed by atoms with Gasteiger partial charge in [0, 0.05) is 38.6 Å². The standard InChI is InChI=1S/C17H26N4O4S/c1-26(23,24)21-10-5-17(6-11-21)16-18-7-12-20(16)13-14(25-17)15(22)19-8-3-2-4-9-19/h7,12,14H,2-6,8-11,13H2,1H3/t14-/m0/s1. The Hall–Kier alpha value is -1.45. The van der Waals surface area contributed by atoms with E-state index in [1.54, 1.807) is 6.20 Å². The molecule has 4 heterocycles. The average Bonchev–Trinajstić information content (AvgIpc) is 3.11. The maximum Gasteiger partial charge on any atom is 0.253 e. The van der Waals surface area contributed by atoms with Crippen LogP contribution in [0.25, 0.3) is 0 Å². The van der Waals surface area contributed by atoms with Gasteiger partial charge in [0.15, 0.2) is 6.10 Å². The first-order valence-electron chi connectivity index (χ1n) is 9.32. The van der Waals surface area contributed by atoms with E-state index in [2.05, 4.69) is 4.98 Å². The lowest BCUT2D eigenvalue weighted by atomic mass is 9.89. The topological polar surface area (TPSA) is 84.7 Å². The van der Waals surface area contributed by atoms with Crippen molar-refractivity contribution in [3.63, 3.8) is 0 Å². The van der Waals surface area contributed by atoms with Crippen LogP contribution in [-0.4, -0.2) is 71.6 Å². The summed E-state index contributed by atoms with van der Waals surface area (Å²) in [7, 11) is -3.22. The fraction of sp³-hybridized carbons (Fsp3) is 0.765. The van der Waals surface area contributed by atoms with E-state index in [4.69, 9.17) is 4.74 Å². The SMILES string of the molecule is CS(=O)(=O)N1CCC2(CC1)O[C@H](C(=O)N1CCCCC1)Cn1ccnc12. The van der Waals surface area contributed by atoms with Gasteiger partial charge in [0.25, 0.3) is 5.91 Å². The van der Waals surface area contributed by atoms with Crippen molar-refractivity contribution in [3.8, 4) is 0 Å². The average molecular weight is 382 g/mol. The van der Waals surface area contributed by atoms with Crippen LogP contribution >= 0.6 is 0 Å². The molecule has 0 aliphatic carbocycles. The summed E-state index contributed by atoms with van der Waals surface area (Å²) in [5, 5.41) is 0. The summed E-state index contributed by atoms with van der Waals surface area (Å²) >= 11 is 0. The third-order valence-corrected chi connectivity index (χ3v) is 7.10. The Labute approximate surface area is 154 Å². The molecule has 0 saturated carbocycles. The van der Waals surface area contributed by atoms with Gasteiger partial charge >= 0.3 is 0 Å². The molecule has 0 N–H and O–H groups in total. The number of amides is 1. The van der Waals surface area contributed by atoms with Gasteiger partial charge in [0.1, 0.15) is 11.4 Å². The van der Waals surface area contributed by atoms with Gasteiger partial charge in [-0.25, -0.2) is 17.7 Å². The van der Waals surface area contributed by atoms with Crippen LogP contribution in [0.15, 0.2) is 12.4 Å². The Balaban J connectivity index is 1.56. The first kappa shape index (κ1) is 17.9. The van der Waals surface area contributed by atoms with E-state index in [1.165, 1.54) is 17.0 Å². The minimum atomic E-state index is -3.22. The van der Waals surface area contributed by atoms with Crippen molar-refractivity contribution in [1.82, 2.24) is 18.8 Å². The van der Waals surface area contributed by atoms with Gasteiger partial charge < -0.3 is 14.2 Å². The molecule has 0 radical (unpaired) electrons. The number of rotatable bonds is 2. The number of imidazole rings is 1. The van der Waals surface area contributed by atoms with E-state index in [9.17, 15) is 13.2 Å². The van der Waals surface area contributed by atoms with Crippen molar-refractivity contribution in [2.24, 2.45) is 0 Å². The number of carbonyl (C=O) groups is 1. The maximum atomic E-state index is 13.0. The van der Waals surface area contributed by atoms with Crippen LogP contribution in [0, 0.1) is 0 Å². The summed E-state index contributed by atoms with van der Waals surface area (Å²) in [6, 6.07) is 0. The maximum absolute atomic E-state index is 13.0. The molecule has 4 rings (SSSR count). The van der Waals surface area contributed by atoms with Gasteiger partial charge in [-0.15, -0.1) is 0 Å². The summed E-state index contributed by atoms with van der Waals surface area (Å²) in [5.74, 6) is 0.863. The smallest absolute Gasteiger partial charge is 0.253 e. The van der Waals surface area contributed by atoms with Gasteiger partial charge in [0.2, 0.25) is 10.0 Å². The van der Waals surface area contributed by atoms with Crippen LogP contribution < -0.4 is 0 Å². The molecule has 1 aromatic heterocycles. The third kappa shape index (κ3) is 3.16. The normalized spacial score (nSPS) is 26.7. The van der Waals surface area contributed by atoms with Crippen molar-refractivity contribution in [1.29, 1.82) is 0 Å². The third-order valence-electron chi connectivity index (χ3n) is 5.80. The fourth-order valence-corrected chi connectivity index (χ4v) is 5.21. The van der Waals surface area contributed by atoms with Crippen LogP contribution in [0.5, 0.6) is 0 Å². The number of sulfonamides is 1. The molecule has 26 heavy (non-hydrogen) atoms.